The first-order chi connectivity index (χ1) is 6.88. The molecule has 5 nitrogen and oxygen atoms in total. The summed E-state index contributed by atoms with van der Waals surface area (Å²) in [7, 11) is 0. The number of aliphatic hydroxyl groups excluding tert-OH is 1. The van der Waals surface area contributed by atoms with Crippen LogP contribution < -0.4 is 5.32 Å². The third-order valence-electron chi connectivity index (χ3n) is 2.57. The fourth-order valence-electron chi connectivity index (χ4n) is 1.47. The van der Waals surface area contributed by atoms with Crippen LogP contribution in [0.5, 0.6) is 0 Å². The highest BCUT2D eigenvalue weighted by Crippen LogP contribution is 2.14. The van der Waals surface area contributed by atoms with Crippen molar-refractivity contribution in [3.05, 3.63) is 0 Å². The van der Waals surface area contributed by atoms with Gasteiger partial charge in [0.25, 0.3) is 0 Å². The van der Waals surface area contributed by atoms with E-state index in [2.05, 4.69) is 5.32 Å². The molecule has 1 heterocycles. The predicted molar refractivity (Wildman–Crippen MR) is 55.1 cm³/mol. The van der Waals surface area contributed by atoms with Crippen LogP contribution in [-0.2, 0) is 9.59 Å². The predicted octanol–water partition coefficient (Wildman–Crippen LogP) is -0.648. The summed E-state index contributed by atoms with van der Waals surface area (Å²) in [5.74, 6) is -0.523. The highest BCUT2D eigenvalue weighted by molar-refractivity contribution is 6.03. The second kappa shape index (κ2) is 4.28. The number of aliphatic hydroxyl groups is 1. The molecule has 5 heteroatoms. The summed E-state index contributed by atoms with van der Waals surface area (Å²) >= 11 is 0. The lowest BCUT2D eigenvalue weighted by molar-refractivity contribution is -0.153. The van der Waals surface area contributed by atoms with Gasteiger partial charge < -0.3 is 5.11 Å². The highest BCUT2D eigenvalue weighted by atomic mass is 16.3. The van der Waals surface area contributed by atoms with E-state index in [1.165, 1.54) is 4.90 Å². The Labute approximate surface area is 89.4 Å². The summed E-state index contributed by atoms with van der Waals surface area (Å²) in [6.45, 7) is 5.74. The van der Waals surface area contributed by atoms with E-state index in [-0.39, 0.29) is 30.9 Å². The standard InChI is InChI=1S/C10H18N2O3/c1-7(6-13)5-12-8(14)4-11-10(2,3)9(12)15/h7,11,13H,4-6H2,1-3H3. The van der Waals surface area contributed by atoms with Crippen molar-refractivity contribution in [1.29, 1.82) is 0 Å². The van der Waals surface area contributed by atoms with Crippen molar-refractivity contribution in [1.82, 2.24) is 10.2 Å². The Kier molecular flexibility index (Phi) is 3.46. The zero-order chi connectivity index (χ0) is 11.6. The molecule has 1 rings (SSSR count). The van der Waals surface area contributed by atoms with Crippen LogP contribution in [0, 0.1) is 5.92 Å². The minimum atomic E-state index is -0.691. The van der Waals surface area contributed by atoms with Crippen molar-refractivity contribution in [3.63, 3.8) is 0 Å². The zero-order valence-corrected chi connectivity index (χ0v) is 9.41. The smallest absolute Gasteiger partial charge is 0.248 e. The molecule has 86 valence electrons. The molecular weight excluding hydrogens is 196 g/mol. The third-order valence-corrected chi connectivity index (χ3v) is 2.57. The Morgan fingerprint density at radius 2 is 2.13 bits per heavy atom. The van der Waals surface area contributed by atoms with Crippen molar-refractivity contribution in [2.75, 3.05) is 19.7 Å². The summed E-state index contributed by atoms with van der Waals surface area (Å²) in [6.07, 6.45) is 0. The molecular formula is C10H18N2O3. The van der Waals surface area contributed by atoms with E-state index >= 15 is 0 Å². The van der Waals surface area contributed by atoms with Crippen molar-refractivity contribution in [2.45, 2.75) is 26.3 Å². The molecule has 15 heavy (non-hydrogen) atoms. The van der Waals surface area contributed by atoms with Gasteiger partial charge in [-0.25, -0.2) is 0 Å². The number of rotatable bonds is 3. The maximum atomic E-state index is 11.9. The number of imide groups is 1. The first-order valence-electron chi connectivity index (χ1n) is 5.09. The Bertz CT molecular complexity index is 276. The van der Waals surface area contributed by atoms with Gasteiger partial charge in [0.1, 0.15) is 0 Å². The second-order valence-electron chi connectivity index (χ2n) is 4.58. The van der Waals surface area contributed by atoms with Gasteiger partial charge in [-0.3, -0.25) is 19.8 Å². The quantitative estimate of drug-likeness (QED) is 0.613. The Balaban J connectivity index is 2.75. The van der Waals surface area contributed by atoms with Crippen LogP contribution in [0.2, 0.25) is 0 Å². The van der Waals surface area contributed by atoms with E-state index in [0.29, 0.717) is 6.54 Å². The molecule has 2 amide bonds. The molecule has 0 aromatic rings. The molecule has 0 radical (unpaired) electrons. The lowest BCUT2D eigenvalue weighted by Gasteiger charge is -2.37. The normalized spacial score (nSPS) is 23.1. The number of hydrogen-bond acceptors (Lipinski definition) is 4. The second-order valence-corrected chi connectivity index (χ2v) is 4.58. The summed E-state index contributed by atoms with van der Waals surface area (Å²) in [5.41, 5.74) is -0.691. The number of piperazine rings is 1. The molecule has 0 aromatic carbocycles. The molecule has 0 aliphatic carbocycles. The van der Waals surface area contributed by atoms with E-state index in [1.54, 1.807) is 20.8 Å². The summed E-state index contributed by atoms with van der Waals surface area (Å²) in [5, 5.41) is 11.8. The van der Waals surface area contributed by atoms with Crippen LogP contribution in [0.3, 0.4) is 0 Å². The van der Waals surface area contributed by atoms with Crippen LogP contribution in [0.25, 0.3) is 0 Å². The van der Waals surface area contributed by atoms with Gasteiger partial charge in [0, 0.05) is 13.2 Å². The molecule has 1 unspecified atom stereocenters. The molecule has 1 aliphatic rings. The number of amides is 2. The lowest BCUT2D eigenvalue weighted by Crippen LogP contribution is -2.64. The molecule has 0 spiro atoms. The Morgan fingerprint density at radius 3 is 2.67 bits per heavy atom. The van der Waals surface area contributed by atoms with Gasteiger partial charge in [-0.2, -0.15) is 0 Å². The van der Waals surface area contributed by atoms with Gasteiger partial charge in [-0.15, -0.1) is 0 Å². The van der Waals surface area contributed by atoms with Crippen LogP contribution in [0.15, 0.2) is 0 Å². The van der Waals surface area contributed by atoms with Crippen LogP contribution >= 0.6 is 0 Å². The number of nitrogens with one attached hydrogen (secondary N) is 1. The molecule has 0 aromatic heterocycles. The zero-order valence-electron chi connectivity index (χ0n) is 9.41. The highest BCUT2D eigenvalue weighted by Gasteiger charge is 2.39. The van der Waals surface area contributed by atoms with Crippen LogP contribution in [-0.4, -0.2) is 47.1 Å². The Hall–Kier alpha value is -0.940. The number of nitrogens with zero attached hydrogens (tertiary/aromatic N) is 1. The number of carbonyl (C=O) groups is 2. The van der Waals surface area contributed by atoms with Crippen molar-refractivity contribution < 1.29 is 14.7 Å². The third kappa shape index (κ3) is 2.54. The van der Waals surface area contributed by atoms with E-state index in [0.717, 1.165) is 0 Å². The van der Waals surface area contributed by atoms with Crippen molar-refractivity contribution in [2.24, 2.45) is 5.92 Å². The SMILES string of the molecule is CC(CO)CN1C(=O)CNC(C)(C)C1=O. The van der Waals surface area contributed by atoms with Crippen molar-refractivity contribution >= 4 is 11.8 Å². The minimum Gasteiger partial charge on any atom is -0.396 e. The van der Waals surface area contributed by atoms with E-state index in [4.69, 9.17) is 5.11 Å². The molecule has 1 saturated heterocycles. The van der Waals surface area contributed by atoms with Gasteiger partial charge in [-0.05, 0) is 19.8 Å². The first kappa shape index (κ1) is 12.1. The monoisotopic (exact) mass is 214 g/mol. The minimum absolute atomic E-state index is 0.0229. The first-order valence-corrected chi connectivity index (χ1v) is 5.09. The topological polar surface area (TPSA) is 69.6 Å². The average molecular weight is 214 g/mol. The fourth-order valence-corrected chi connectivity index (χ4v) is 1.47. The molecule has 0 saturated carbocycles. The molecule has 1 fully saturated rings. The summed E-state index contributed by atoms with van der Waals surface area (Å²) in [6, 6.07) is 0. The maximum Gasteiger partial charge on any atom is 0.248 e. The van der Waals surface area contributed by atoms with Crippen LogP contribution in [0.1, 0.15) is 20.8 Å². The van der Waals surface area contributed by atoms with E-state index in [1.807, 2.05) is 0 Å². The van der Waals surface area contributed by atoms with Gasteiger partial charge in [0.05, 0.1) is 12.1 Å². The number of carbonyl (C=O) groups excluding carboxylic acids is 2. The molecule has 1 aliphatic heterocycles. The molecule has 1 atom stereocenters. The molecule has 2 N–H and O–H groups in total. The van der Waals surface area contributed by atoms with Gasteiger partial charge in [0.2, 0.25) is 11.8 Å². The van der Waals surface area contributed by atoms with Crippen LogP contribution in [0.4, 0.5) is 0 Å². The number of hydrogen-bond donors (Lipinski definition) is 2. The van der Waals surface area contributed by atoms with Gasteiger partial charge in [0.15, 0.2) is 0 Å². The van der Waals surface area contributed by atoms with E-state index in [9.17, 15) is 9.59 Å². The fraction of sp³-hybridized carbons (Fsp3) is 0.800. The maximum absolute atomic E-state index is 11.9. The van der Waals surface area contributed by atoms with Gasteiger partial charge >= 0.3 is 0 Å². The van der Waals surface area contributed by atoms with E-state index < -0.39 is 5.54 Å². The van der Waals surface area contributed by atoms with Crippen molar-refractivity contribution in [3.8, 4) is 0 Å². The lowest BCUT2D eigenvalue weighted by atomic mass is 9.99. The van der Waals surface area contributed by atoms with Gasteiger partial charge in [-0.1, -0.05) is 6.92 Å². The Morgan fingerprint density at radius 1 is 1.53 bits per heavy atom. The summed E-state index contributed by atoms with van der Waals surface area (Å²) in [4.78, 5) is 24.6. The molecule has 0 bridgehead atoms. The largest absolute Gasteiger partial charge is 0.396 e. The summed E-state index contributed by atoms with van der Waals surface area (Å²) < 4.78 is 0. The average Bonchev–Trinajstić information content (AvgIpc) is 2.19.